The SMILES string of the molecule is COc1ccccc1N1CCN(c2ccc(NC(=O)c3cccc([N+](=O)[O-])c3)cc2C(=O)NCCCN2CCOCC2)CC1. The van der Waals surface area contributed by atoms with Gasteiger partial charge in [-0.15, -0.1) is 0 Å². The lowest BCUT2D eigenvalue weighted by atomic mass is 10.1. The predicted octanol–water partition coefficient (Wildman–Crippen LogP) is 3.63. The normalized spacial score (nSPS) is 15.5. The van der Waals surface area contributed by atoms with Crippen molar-refractivity contribution in [2.75, 3.05) is 87.8 Å². The highest BCUT2D eigenvalue weighted by Crippen LogP contribution is 2.31. The van der Waals surface area contributed by atoms with Crippen LogP contribution in [-0.2, 0) is 4.74 Å². The molecule has 2 amide bonds. The number of hydrogen-bond donors (Lipinski definition) is 2. The molecule has 0 aromatic heterocycles. The number of morpholine rings is 1. The Kier molecular flexibility index (Phi) is 10.3. The molecule has 0 spiro atoms. The molecular weight excluding hydrogens is 564 g/mol. The molecule has 12 heteroatoms. The number of carbonyl (C=O) groups excluding carboxylic acids is 2. The van der Waals surface area contributed by atoms with Gasteiger partial charge in [-0.2, -0.15) is 0 Å². The summed E-state index contributed by atoms with van der Waals surface area (Å²) in [7, 11) is 1.67. The molecule has 2 heterocycles. The lowest BCUT2D eigenvalue weighted by Crippen LogP contribution is -2.47. The van der Waals surface area contributed by atoms with E-state index >= 15 is 0 Å². The van der Waals surface area contributed by atoms with Gasteiger partial charge < -0.3 is 29.9 Å². The van der Waals surface area contributed by atoms with Gasteiger partial charge in [0.25, 0.3) is 17.5 Å². The smallest absolute Gasteiger partial charge is 0.270 e. The summed E-state index contributed by atoms with van der Waals surface area (Å²) in [5.74, 6) is 0.103. The van der Waals surface area contributed by atoms with Gasteiger partial charge in [0, 0.05) is 74.9 Å². The van der Waals surface area contributed by atoms with E-state index < -0.39 is 10.8 Å². The monoisotopic (exact) mass is 602 g/mol. The molecule has 3 aromatic carbocycles. The second-order valence-electron chi connectivity index (χ2n) is 10.7. The van der Waals surface area contributed by atoms with E-state index in [2.05, 4.69) is 25.3 Å². The van der Waals surface area contributed by atoms with Crippen LogP contribution in [0, 0.1) is 10.1 Å². The summed E-state index contributed by atoms with van der Waals surface area (Å²) >= 11 is 0. The first-order valence-electron chi connectivity index (χ1n) is 14.8. The van der Waals surface area contributed by atoms with Crippen LogP contribution in [0.2, 0.25) is 0 Å². The summed E-state index contributed by atoms with van der Waals surface area (Å²) in [6.45, 7) is 7.50. The van der Waals surface area contributed by atoms with Gasteiger partial charge in [0.1, 0.15) is 5.75 Å². The van der Waals surface area contributed by atoms with E-state index in [1.165, 1.54) is 24.3 Å². The molecule has 0 radical (unpaired) electrons. The number of rotatable bonds is 11. The van der Waals surface area contributed by atoms with Crippen molar-refractivity contribution < 1.29 is 24.0 Å². The molecule has 2 aliphatic heterocycles. The first-order chi connectivity index (χ1) is 21.4. The molecule has 0 saturated carbocycles. The van der Waals surface area contributed by atoms with Crippen LogP contribution < -0.4 is 25.2 Å². The van der Waals surface area contributed by atoms with Gasteiger partial charge in [0.2, 0.25) is 0 Å². The van der Waals surface area contributed by atoms with Crippen molar-refractivity contribution in [3.8, 4) is 5.75 Å². The number of piperazine rings is 1. The van der Waals surface area contributed by atoms with E-state index in [0.29, 0.717) is 30.9 Å². The van der Waals surface area contributed by atoms with Gasteiger partial charge in [-0.3, -0.25) is 24.6 Å². The molecule has 232 valence electrons. The number of methoxy groups -OCH3 is 1. The maximum atomic E-state index is 13.6. The van der Waals surface area contributed by atoms with Crippen molar-refractivity contribution in [2.24, 2.45) is 0 Å². The summed E-state index contributed by atoms with van der Waals surface area (Å²) in [6.07, 6.45) is 0.807. The van der Waals surface area contributed by atoms with Crippen LogP contribution in [0.4, 0.5) is 22.7 Å². The fraction of sp³-hybridized carbons (Fsp3) is 0.375. The van der Waals surface area contributed by atoms with Crippen LogP contribution in [-0.4, -0.2) is 94.3 Å². The number of hydrogen-bond acceptors (Lipinski definition) is 9. The van der Waals surface area contributed by atoms with Gasteiger partial charge in [-0.25, -0.2) is 0 Å². The number of nitro benzene ring substituents is 1. The number of nitrogens with zero attached hydrogens (tertiary/aromatic N) is 4. The number of ether oxygens (including phenoxy) is 2. The van der Waals surface area contributed by atoms with Crippen molar-refractivity contribution >= 4 is 34.6 Å². The Morgan fingerprint density at radius 3 is 2.34 bits per heavy atom. The minimum atomic E-state index is -0.541. The molecule has 3 aromatic rings. The Labute approximate surface area is 256 Å². The van der Waals surface area contributed by atoms with E-state index in [9.17, 15) is 19.7 Å². The van der Waals surface area contributed by atoms with Crippen LogP contribution in [0.3, 0.4) is 0 Å². The van der Waals surface area contributed by atoms with Crippen LogP contribution in [0.1, 0.15) is 27.1 Å². The molecule has 0 bridgehead atoms. The summed E-state index contributed by atoms with van der Waals surface area (Å²) in [4.78, 5) is 44.0. The molecule has 2 saturated heterocycles. The Bertz CT molecular complexity index is 1470. The third-order valence-corrected chi connectivity index (χ3v) is 7.90. The van der Waals surface area contributed by atoms with Gasteiger partial charge >= 0.3 is 0 Å². The molecule has 0 unspecified atom stereocenters. The molecular formula is C32H38N6O6. The Morgan fingerprint density at radius 2 is 1.61 bits per heavy atom. The average molecular weight is 603 g/mol. The number of nitrogens with one attached hydrogen (secondary N) is 2. The number of para-hydroxylation sites is 2. The third kappa shape index (κ3) is 7.63. The van der Waals surface area contributed by atoms with Crippen molar-refractivity contribution in [3.63, 3.8) is 0 Å². The lowest BCUT2D eigenvalue weighted by molar-refractivity contribution is -0.384. The van der Waals surface area contributed by atoms with E-state index in [1.54, 1.807) is 19.2 Å². The fourth-order valence-electron chi connectivity index (χ4n) is 5.54. The van der Waals surface area contributed by atoms with Crippen molar-refractivity contribution in [1.82, 2.24) is 10.2 Å². The maximum absolute atomic E-state index is 13.6. The second-order valence-corrected chi connectivity index (χ2v) is 10.7. The van der Waals surface area contributed by atoms with Gasteiger partial charge in [0.05, 0.1) is 36.5 Å². The molecule has 2 aliphatic rings. The van der Waals surface area contributed by atoms with Gasteiger partial charge in [-0.05, 0) is 49.4 Å². The summed E-state index contributed by atoms with van der Waals surface area (Å²) in [5.41, 5.74) is 2.69. The zero-order valence-electron chi connectivity index (χ0n) is 24.9. The van der Waals surface area contributed by atoms with E-state index in [0.717, 1.165) is 69.5 Å². The second kappa shape index (κ2) is 14.7. The average Bonchev–Trinajstić information content (AvgIpc) is 3.07. The number of benzene rings is 3. The Morgan fingerprint density at radius 1 is 0.886 bits per heavy atom. The number of amides is 2. The Balaban J connectivity index is 1.31. The van der Waals surface area contributed by atoms with Crippen molar-refractivity contribution in [1.29, 1.82) is 0 Å². The maximum Gasteiger partial charge on any atom is 0.270 e. The largest absolute Gasteiger partial charge is 0.495 e. The number of nitro groups is 1. The van der Waals surface area contributed by atoms with Crippen LogP contribution in [0.25, 0.3) is 0 Å². The molecule has 44 heavy (non-hydrogen) atoms. The van der Waals surface area contributed by atoms with Crippen LogP contribution in [0.5, 0.6) is 5.75 Å². The number of carbonyl (C=O) groups is 2. The molecule has 5 rings (SSSR count). The van der Waals surface area contributed by atoms with Gasteiger partial charge in [0.15, 0.2) is 0 Å². The van der Waals surface area contributed by atoms with E-state index in [1.807, 2.05) is 30.3 Å². The molecule has 0 aliphatic carbocycles. The minimum Gasteiger partial charge on any atom is -0.495 e. The topological polar surface area (TPSA) is 130 Å². The molecule has 2 N–H and O–H groups in total. The summed E-state index contributed by atoms with van der Waals surface area (Å²) < 4.78 is 11.0. The quantitative estimate of drug-likeness (QED) is 0.192. The van der Waals surface area contributed by atoms with Crippen molar-refractivity contribution in [2.45, 2.75) is 6.42 Å². The minimum absolute atomic E-state index is 0.157. The third-order valence-electron chi connectivity index (χ3n) is 7.90. The fourth-order valence-corrected chi connectivity index (χ4v) is 5.54. The summed E-state index contributed by atoms with van der Waals surface area (Å²) in [6, 6.07) is 18.8. The van der Waals surface area contributed by atoms with Crippen LogP contribution in [0.15, 0.2) is 66.7 Å². The highest BCUT2D eigenvalue weighted by atomic mass is 16.6. The summed E-state index contributed by atoms with van der Waals surface area (Å²) in [5, 5.41) is 17.0. The first kappa shape index (κ1) is 30.8. The van der Waals surface area contributed by atoms with Crippen molar-refractivity contribution in [3.05, 3.63) is 88.0 Å². The van der Waals surface area contributed by atoms with Gasteiger partial charge in [-0.1, -0.05) is 18.2 Å². The lowest BCUT2D eigenvalue weighted by Gasteiger charge is -2.38. The predicted molar refractivity (Wildman–Crippen MR) is 169 cm³/mol. The molecule has 2 fully saturated rings. The van der Waals surface area contributed by atoms with E-state index in [-0.39, 0.29) is 17.2 Å². The molecule has 12 nitrogen and oxygen atoms in total. The molecule has 0 atom stereocenters. The number of non-ortho nitro benzene ring substituents is 1. The van der Waals surface area contributed by atoms with Crippen LogP contribution >= 0.6 is 0 Å². The zero-order chi connectivity index (χ0) is 30.9. The Hall–Kier alpha value is -4.68. The standard InChI is InChI=1S/C32H38N6O6/c1-43-30-9-3-2-8-29(30)37-16-14-36(15-17-37)28-11-10-25(34-31(39)24-6-4-7-26(22-24)38(41)42)23-27(28)32(40)33-12-5-13-35-18-20-44-21-19-35/h2-4,6-11,22-23H,5,12-21H2,1H3,(H,33,40)(H,34,39). The highest BCUT2D eigenvalue weighted by Gasteiger charge is 2.24. The highest BCUT2D eigenvalue weighted by molar-refractivity contribution is 6.06. The first-order valence-corrected chi connectivity index (χ1v) is 14.8. The zero-order valence-corrected chi connectivity index (χ0v) is 24.9. The number of anilines is 3. The van der Waals surface area contributed by atoms with E-state index in [4.69, 9.17) is 9.47 Å².